The maximum absolute atomic E-state index is 12.7. The number of carbonyl (C=O) groups is 1. The Labute approximate surface area is 154 Å². The van der Waals surface area contributed by atoms with Crippen molar-refractivity contribution in [2.75, 3.05) is 25.0 Å². The highest BCUT2D eigenvalue weighted by molar-refractivity contribution is 5.91. The molecule has 1 N–H and O–H groups in total. The number of likely N-dealkylation sites (tertiary alicyclic amines) is 1. The van der Waals surface area contributed by atoms with Gasteiger partial charge in [-0.1, -0.05) is 12.1 Å². The van der Waals surface area contributed by atoms with Gasteiger partial charge in [-0.05, 0) is 45.2 Å². The van der Waals surface area contributed by atoms with E-state index in [9.17, 15) is 4.79 Å². The standard InChI is InChI=1S/C20H26N4O2/c1-3-26-18-7-5-4-6-17(18)22-20(25)23-11-10-16(13-23)24-14(2)12-21-19(24)15-8-9-15/h4-7,12,15-16H,3,8-11,13H2,1-2H3,(H,22,25). The molecule has 6 heteroatoms. The number of para-hydroxylation sites is 2. The summed E-state index contributed by atoms with van der Waals surface area (Å²) in [5.41, 5.74) is 1.92. The van der Waals surface area contributed by atoms with Crippen LogP contribution in [-0.2, 0) is 0 Å². The van der Waals surface area contributed by atoms with Gasteiger partial charge in [-0.2, -0.15) is 0 Å². The molecule has 0 bridgehead atoms. The van der Waals surface area contributed by atoms with Crippen LogP contribution in [0.5, 0.6) is 5.75 Å². The number of aromatic nitrogens is 2. The predicted molar refractivity (Wildman–Crippen MR) is 101 cm³/mol. The van der Waals surface area contributed by atoms with Crippen LogP contribution in [0.2, 0.25) is 0 Å². The molecule has 26 heavy (non-hydrogen) atoms. The number of ether oxygens (including phenoxy) is 1. The zero-order chi connectivity index (χ0) is 18.1. The molecule has 0 spiro atoms. The molecule has 2 heterocycles. The number of amides is 2. The maximum Gasteiger partial charge on any atom is 0.322 e. The first-order valence-electron chi connectivity index (χ1n) is 9.49. The van der Waals surface area contributed by atoms with Gasteiger partial charge < -0.3 is 19.5 Å². The van der Waals surface area contributed by atoms with E-state index < -0.39 is 0 Å². The van der Waals surface area contributed by atoms with Gasteiger partial charge in [-0.3, -0.25) is 0 Å². The van der Waals surface area contributed by atoms with Gasteiger partial charge in [-0.15, -0.1) is 0 Å². The number of nitrogens with one attached hydrogen (secondary N) is 1. The Bertz CT molecular complexity index is 797. The molecular formula is C20H26N4O2. The van der Waals surface area contributed by atoms with Crippen LogP contribution >= 0.6 is 0 Å². The molecule has 1 aliphatic heterocycles. The summed E-state index contributed by atoms with van der Waals surface area (Å²) < 4.78 is 7.96. The molecule has 2 amide bonds. The lowest BCUT2D eigenvalue weighted by Gasteiger charge is -2.20. The Morgan fingerprint density at radius 3 is 2.88 bits per heavy atom. The van der Waals surface area contributed by atoms with Crippen molar-refractivity contribution in [2.45, 2.75) is 45.1 Å². The average Bonchev–Trinajstić information content (AvgIpc) is 3.23. The van der Waals surface area contributed by atoms with Crippen LogP contribution in [0.25, 0.3) is 0 Å². The van der Waals surface area contributed by atoms with Gasteiger partial charge in [0.1, 0.15) is 11.6 Å². The van der Waals surface area contributed by atoms with Gasteiger partial charge in [0, 0.05) is 30.9 Å². The topological polar surface area (TPSA) is 59.4 Å². The zero-order valence-electron chi connectivity index (χ0n) is 15.4. The molecule has 6 nitrogen and oxygen atoms in total. The molecule has 1 aliphatic carbocycles. The monoisotopic (exact) mass is 354 g/mol. The molecule has 1 unspecified atom stereocenters. The summed E-state index contributed by atoms with van der Waals surface area (Å²) in [4.78, 5) is 19.2. The molecule has 1 aromatic carbocycles. The lowest BCUT2D eigenvalue weighted by atomic mass is 10.2. The maximum atomic E-state index is 12.7. The second-order valence-electron chi connectivity index (χ2n) is 7.15. The van der Waals surface area contributed by atoms with Gasteiger partial charge in [0.15, 0.2) is 0 Å². The molecule has 1 atom stereocenters. The Morgan fingerprint density at radius 2 is 2.12 bits per heavy atom. The number of benzene rings is 1. The van der Waals surface area contributed by atoms with Crippen molar-refractivity contribution in [3.8, 4) is 5.75 Å². The van der Waals surface area contributed by atoms with Crippen LogP contribution < -0.4 is 10.1 Å². The number of rotatable bonds is 5. The van der Waals surface area contributed by atoms with E-state index in [4.69, 9.17) is 4.74 Å². The summed E-state index contributed by atoms with van der Waals surface area (Å²) in [6.45, 7) is 6.10. The SMILES string of the molecule is CCOc1ccccc1NC(=O)N1CCC(n2c(C)cnc2C2CC2)C1. The third-order valence-corrected chi connectivity index (χ3v) is 5.20. The first-order chi connectivity index (χ1) is 12.7. The molecule has 2 aromatic rings. The van der Waals surface area contributed by atoms with Gasteiger partial charge >= 0.3 is 6.03 Å². The van der Waals surface area contributed by atoms with Crippen molar-refractivity contribution < 1.29 is 9.53 Å². The van der Waals surface area contributed by atoms with Crippen molar-refractivity contribution in [1.82, 2.24) is 14.5 Å². The minimum atomic E-state index is -0.0645. The van der Waals surface area contributed by atoms with E-state index in [-0.39, 0.29) is 6.03 Å². The van der Waals surface area contributed by atoms with Gasteiger partial charge in [0.05, 0.1) is 18.3 Å². The summed E-state index contributed by atoms with van der Waals surface area (Å²) in [5.74, 6) is 2.53. The van der Waals surface area contributed by atoms with Crippen LogP contribution in [0.4, 0.5) is 10.5 Å². The third-order valence-electron chi connectivity index (χ3n) is 5.20. The fraction of sp³-hybridized carbons (Fsp3) is 0.500. The summed E-state index contributed by atoms with van der Waals surface area (Å²) in [6, 6.07) is 7.83. The highest BCUT2D eigenvalue weighted by Gasteiger charge is 2.34. The quantitative estimate of drug-likeness (QED) is 0.884. The van der Waals surface area contributed by atoms with E-state index in [1.807, 2.05) is 42.3 Å². The van der Waals surface area contributed by atoms with Crippen LogP contribution in [0.1, 0.15) is 49.7 Å². The third kappa shape index (κ3) is 3.28. The number of carbonyl (C=O) groups excluding carboxylic acids is 1. The Hall–Kier alpha value is -2.50. The van der Waals surface area contributed by atoms with E-state index >= 15 is 0 Å². The fourth-order valence-corrected chi connectivity index (χ4v) is 3.77. The molecule has 138 valence electrons. The average molecular weight is 354 g/mol. The first kappa shape index (κ1) is 16.9. The Morgan fingerprint density at radius 1 is 1.31 bits per heavy atom. The Balaban J connectivity index is 1.44. The number of anilines is 1. The molecule has 1 saturated heterocycles. The molecule has 1 saturated carbocycles. The number of hydrogen-bond donors (Lipinski definition) is 1. The van der Waals surface area contributed by atoms with Crippen LogP contribution in [0.15, 0.2) is 30.5 Å². The molecule has 0 radical (unpaired) electrons. The van der Waals surface area contributed by atoms with Crippen LogP contribution in [0.3, 0.4) is 0 Å². The summed E-state index contributed by atoms with van der Waals surface area (Å²) >= 11 is 0. The lowest BCUT2D eigenvalue weighted by Crippen LogP contribution is -2.33. The summed E-state index contributed by atoms with van der Waals surface area (Å²) in [7, 11) is 0. The molecule has 4 rings (SSSR count). The van der Waals surface area contributed by atoms with Crippen molar-refractivity contribution in [2.24, 2.45) is 0 Å². The first-order valence-corrected chi connectivity index (χ1v) is 9.49. The van der Waals surface area contributed by atoms with Gasteiger partial charge in [0.25, 0.3) is 0 Å². The minimum Gasteiger partial charge on any atom is -0.492 e. The Kier molecular flexibility index (Phi) is 4.57. The largest absolute Gasteiger partial charge is 0.492 e. The second-order valence-corrected chi connectivity index (χ2v) is 7.15. The van der Waals surface area contributed by atoms with Crippen molar-refractivity contribution >= 4 is 11.7 Å². The highest BCUT2D eigenvalue weighted by atomic mass is 16.5. The normalized spacial score (nSPS) is 19.6. The van der Waals surface area contributed by atoms with E-state index in [0.717, 1.165) is 25.2 Å². The lowest BCUT2D eigenvalue weighted by molar-refractivity contribution is 0.220. The molecule has 2 fully saturated rings. The predicted octanol–water partition coefficient (Wildman–Crippen LogP) is 3.95. The summed E-state index contributed by atoms with van der Waals surface area (Å²) in [6.07, 6.45) is 5.41. The minimum absolute atomic E-state index is 0.0645. The summed E-state index contributed by atoms with van der Waals surface area (Å²) in [5, 5.41) is 3.00. The number of hydrogen-bond acceptors (Lipinski definition) is 3. The number of aryl methyl sites for hydroxylation is 1. The smallest absolute Gasteiger partial charge is 0.322 e. The number of imidazole rings is 1. The number of urea groups is 1. The van der Waals surface area contributed by atoms with Crippen molar-refractivity contribution in [3.05, 3.63) is 42.0 Å². The van der Waals surface area contributed by atoms with E-state index in [0.29, 0.717) is 24.3 Å². The van der Waals surface area contributed by atoms with Crippen molar-refractivity contribution in [3.63, 3.8) is 0 Å². The number of nitrogens with zero attached hydrogens (tertiary/aromatic N) is 3. The fourth-order valence-electron chi connectivity index (χ4n) is 3.77. The van der Waals surface area contributed by atoms with Gasteiger partial charge in [-0.25, -0.2) is 9.78 Å². The molecule has 1 aromatic heterocycles. The highest BCUT2D eigenvalue weighted by Crippen LogP contribution is 2.41. The second kappa shape index (κ2) is 7.02. The van der Waals surface area contributed by atoms with Crippen LogP contribution in [0, 0.1) is 6.92 Å². The van der Waals surface area contributed by atoms with E-state index in [1.165, 1.54) is 24.4 Å². The molecular weight excluding hydrogens is 328 g/mol. The van der Waals surface area contributed by atoms with Crippen LogP contribution in [-0.4, -0.2) is 40.2 Å². The van der Waals surface area contributed by atoms with E-state index in [1.54, 1.807) is 0 Å². The van der Waals surface area contributed by atoms with Crippen molar-refractivity contribution in [1.29, 1.82) is 0 Å². The van der Waals surface area contributed by atoms with E-state index in [2.05, 4.69) is 21.8 Å². The zero-order valence-corrected chi connectivity index (χ0v) is 15.4. The van der Waals surface area contributed by atoms with Gasteiger partial charge in [0.2, 0.25) is 0 Å². The molecule has 2 aliphatic rings.